The maximum atomic E-state index is 12.6. The summed E-state index contributed by atoms with van der Waals surface area (Å²) >= 11 is 0. The molecule has 7 heteroatoms. The smallest absolute Gasteiger partial charge is 0.332 e. The Balaban J connectivity index is 1.54. The molecule has 0 aromatic heterocycles. The van der Waals surface area contributed by atoms with Gasteiger partial charge >= 0.3 is 6.03 Å². The van der Waals surface area contributed by atoms with E-state index in [4.69, 9.17) is 0 Å². The van der Waals surface area contributed by atoms with Crippen molar-refractivity contribution in [2.75, 3.05) is 6.54 Å². The van der Waals surface area contributed by atoms with Crippen molar-refractivity contribution in [1.82, 2.24) is 15.8 Å². The van der Waals surface area contributed by atoms with Gasteiger partial charge in [0.05, 0.1) is 0 Å². The van der Waals surface area contributed by atoms with Crippen LogP contribution in [-0.4, -0.2) is 34.9 Å². The number of urea groups is 1. The Morgan fingerprint density at radius 1 is 1.24 bits per heavy atom. The first-order valence-electron chi connectivity index (χ1n) is 8.86. The summed E-state index contributed by atoms with van der Waals surface area (Å²) in [6.07, 6.45) is 4.18. The summed E-state index contributed by atoms with van der Waals surface area (Å²) in [6, 6.07) is 9.44. The van der Waals surface area contributed by atoms with Crippen LogP contribution in [0.3, 0.4) is 0 Å². The lowest BCUT2D eigenvalue weighted by atomic mass is 9.82. The van der Waals surface area contributed by atoms with Crippen molar-refractivity contribution in [2.45, 2.75) is 50.6 Å². The summed E-state index contributed by atoms with van der Waals surface area (Å²) in [5.41, 5.74) is 2.76. The second kappa shape index (κ2) is 7.23. The van der Waals surface area contributed by atoms with Gasteiger partial charge in [0.25, 0.3) is 11.8 Å². The van der Waals surface area contributed by atoms with E-state index in [1.165, 1.54) is 0 Å². The average molecular weight is 345 g/mol. The molecule has 3 rings (SSSR count). The summed E-state index contributed by atoms with van der Waals surface area (Å²) < 4.78 is 0. The molecular formula is C18H25N4O3+. The first-order valence-corrected chi connectivity index (χ1v) is 8.86. The van der Waals surface area contributed by atoms with Crippen LogP contribution in [0.5, 0.6) is 0 Å². The summed E-state index contributed by atoms with van der Waals surface area (Å²) in [5, 5.41) is 5.51. The topological polar surface area (TPSA) is 95.1 Å². The van der Waals surface area contributed by atoms with Crippen LogP contribution in [0.15, 0.2) is 30.3 Å². The van der Waals surface area contributed by atoms with Crippen molar-refractivity contribution in [1.29, 1.82) is 0 Å². The third kappa shape index (κ3) is 3.66. The fraction of sp³-hybridized carbons (Fsp3) is 0.500. The lowest BCUT2D eigenvalue weighted by molar-refractivity contribution is -0.682. The highest BCUT2D eigenvalue weighted by molar-refractivity contribution is 6.08. The van der Waals surface area contributed by atoms with Crippen LogP contribution in [-0.2, 0) is 9.59 Å². The lowest BCUT2D eigenvalue weighted by Crippen LogP contribution is -2.87. The van der Waals surface area contributed by atoms with Crippen molar-refractivity contribution in [3.8, 4) is 0 Å². The van der Waals surface area contributed by atoms with Gasteiger partial charge in [-0.15, -0.1) is 0 Å². The minimum Gasteiger partial charge on any atom is -0.332 e. The third-order valence-corrected chi connectivity index (χ3v) is 5.09. The number of nitrogens with one attached hydrogen (secondary N) is 2. The molecule has 1 aromatic carbocycles. The van der Waals surface area contributed by atoms with Crippen molar-refractivity contribution < 1.29 is 19.7 Å². The maximum Gasteiger partial charge on any atom is 0.344 e. The van der Waals surface area contributed by atoms with Gasteiger partial charge in [-0.3, -0.25) is 15.0 Å². The molecule has 2 fully saturated rings. The molecule has 0 bridgehead atoms. The number of carbonyl (C=O) groups excluding carboxylic acids is 3. The molecule has 1 saturated carbocycles. The van der Waals surface area contributed by atoms with Crippen molar-refractivity contribution >= 4 is 17.8 Å². The Hall–Kier alpha value is -2.41. The van der Waals surface area contributed by atoms with Gasteiger partial charge in [-0.2, -0.15) is 5.01 Å². The molecule has 2 aliphatic rings. The highest BCUT2D eigenvalue weighted by Crippen LogP contribution is 2.32. The van der Waals surface area contributed by atoms with E-state index in [1.807, 2.05) is 42.6 Å². The minimum absolute atomic E-state index is 0.111. The van der Waals surface area contributed by atoms with E-state index < -0.39 is 11.6 Å². The molecule has 25 heavy (non-hydrogen) atoms. The highest BCUT2D eigenvalue weighted by atomic mass is 16.2. The second-order valence-corrected chi connectivity index (χ2v) is 6.89. The standard InChI is InChI=1S/C18H24N4O3/c1-13(14-8-4-2-5-9-14)19-12-15(23)21-22-16(24)18(20-17(22)25)10-6-3-7-11-18/h2,4-5,8-9,13,19H,3,6-7,10-12H2,1H3,(H,20,25)(H,21,23)/p+1/t13-/m0/s1. The molecule has 1 spiro atoms. The van der Waals surface area contributed by atoms with Gasteiger partial charge in [0.15, 0.2) is 6.54 Å². The molecule has 1 aliphatic carbocycles. The SMILES string of the molecule is C[C@H]([NH2+]CC(=O)NN1C(=O)NC2(CCCCC2)C1=O)c1ccccc1. The number of carbonyl (C=O) groups is 3. The van der Waals surface area contributed by atoms with Crippen LogP contribution in [0.2, 0.25) is 0 Å². The number of benzene rings is 1. The van der Waals surface area contributed by atoms with Crippen LogP contribution in [0, 0.1) is 0 Å². The molecule has 1 heterocycles. The van der Waals surface area contributed by atoms with Crippen LogP contribution in [0.25, 0.3) is 0 Å². The number of amides is 4. The molecule has 0 radical (unpaired) electrons. The second-order valence-electron chi connectivity index (χ2n) is 6.89. The van der Waals surface area contributed by atoms with Gasteiger partial charge in [-0.05, 0) is 19.8 Å². The van der Waals surface area contributed by atoms with Gasteiger partial charge in [0.2, 0.25) is 0 Å². The van der Waals surface area contributed by atoms with E-state index >= 15 is 0 Å². The van der Waals surface area contributed by atoms with E-state index in [-0.39, 0.29) is 24.4 Å². The van der Waals surface area contributed by atoms with E-state index in [0.29, 0.717) is 12.8 Å². The number of hydrogen-bond acceptors (Lipinski definition) is 3. The van der Waals surface area contributed by atoms with Gasteiger partial charge in [-0.25, -0.2) is 4.79 Å². The van der Waals surface area contributed by atoms with Crippen LogP contribution in [0.4, 0.5) is 4.79 Å². The van der Waals surface area contributed by atoms with Crippen molar-refractivity contribution in [3.63, 3.8) is 0 Å². The van der Waals surface area contributed by atoms with E-state index in [2.05, 4.69) is 10.7 Å². The molecule has 1 aliphatic heterocycles. The van der Waals surface area contributed by atoms with Crippen LogP contribution in [0.1, 0.15) is 50.6 Å². The Morgan fingerprint density at radius 2 is 1.92 bits per heavy atom. The predicted octanol–water partition coefficient (Wildman–Crippen LogP) is 0.597. The van der Waals surface area contributed by atoms with Gasteiger partial charge in [-0.1, -0.05) is 49.6 Å². The largest absolute Gasteiger partial charge is 0.344 e. The molecule has 4 N–H and O–H groups in total. The average Bonchev–Trinajstić information content (AvgIpc) is 2.85. The minimum atomic E-state index is -0.816. The number of nitrogens with zero attached hydrogens (tertiary/aromatic N) is 1. The molecule has 0 unspecified atom stereocenters. The Bertz CT molecular complexity index is 656. The number of rotatable bonds is 5. The van der Waals surface area contributed by atoms with E-state index in [0.717, 1.165) is 29.8 Å². The Morgan fingerprint density at radius 3 is 2.60 bits per heavy atom. The Kier molecular flexibility index (Phi) is 5.03. The first kappa shape index (κ1) is 17.4. The van der Waals surface area contributed by atoms with Crippen molar-refractivity contribution in [2.24, 2.45) is 0 Å². The monoisotopic (exact) mass is 345 g/mol. The fourth-order valence-corrected chi connectivity index (χ4v) is 3.56. The summed E-state index contributed by atoms with van der Waals surface area (Å²) in [7, 11) is 0. The first-order chi connectivity index (χ1) is 12.0. The summed E-state index contributed by atoms with van der Waals surface area (Å²) in [6.45, 7) is 2.15. The number of hydrazine groups is 1. The normalized spacial score (nSPS) is 20.4. The lowest BCUT2D eigenvalue weighted by Gasteiger charge is -2.30. The maximum absolute atomic E-state index is 12.6. The number of quaternary nitrogens is 1. The third-order valence-electron chi connectivity index (χ3n) is 5.09. The summed E-state index contributed by atoms with van der Waals surface area (Å²) in [4.78, 5) is 36.9. The zero-order valence-electron chi connectivity index (χ0n) is 14.5. The van der Waals surface area contributed by atoms with Crippen LogP contribution >= 0.6 is 0 Å². The van der Waals surface area contributed by atoms with Gasteiger partial charge in [0, 0.05) is 5.56 Å². The number of nitrogens with two attached hydrogens (primary N) is 1. The zero-order valence-corrected chi connectivity index (χ0v) is 14.5. The Labute approximate surface area is 147 Å². The molecular weight excluding hydrogens is 320 g/mol. The molecule has 4 amide bonds. The number of hydrogen-bond donors (Lipinski definition) is 3. The quantitative estimate of drug-likeness (QED) is 0.682. The van der Waals surface area contributed by atoms with Gasteiger partial charge < -0.3 is 10.6 Å². The van der Waals surface area contributed by atoms with Crippen LogP contribution < -0.4 is 16.1 Å². The van der Waals surface area contributed by atoms with E-state index in [1.54, 1.807) is 0 Å². The predicted molar refractivity (Wildman–Crippen MR) is 91.0 cm³/mol. The molecule has 1 saturated heterocycles. The van der Waals surface area contributed by atoms with Crippen molar-refractivity contribution in [3.05, 3.63) is 35.9 Å². The molecule has 7 nitrogen and oxygen atoms in total. The fourth-order valence-electron chi connectivity index (χ4n) is 3.56. The van der Waals surface area contributed by atoms with Gasteiger partial charge in [0.1, 0.15) is 11.6 Å². The molecule has 1 aromatic rings. The zero-order chi connectivity index (χ0) is 17.9. The molecule has 1 atom stereocenters. The highest BCUT2D eigenvalue weighted by Gasteiger charge is 2.52. The van der Waals surface area contributed by atoms with E-state index in [9.17, 15) is 14.4 Å². The molecule has 134 valence electrons. The number of imide groups is 1. The summed E-state index contributed by atoms with van der Waals surface area (Å²) in [5.74, 6) is -0.694.